The molecule has 0 saturated heterocycles. The number of benzene rings is 1. The van der Waals surface area contributed by atoms with E-state index in [4.69, 9.17) is 0 Å². The standard InChI is InChI=1S/C18H21N5O2/c1-12-18(19-14(3)24)13(2)23(20-12)11-17(25)22-10-9-16(21-22)15-7-5-4-6-8-15/h4-8H,9-11H2,1-3H3,(H,19,24). The molecule has 1 aromatic carbocycles. The molecule has 0 unspecified atom stereocenters. The molecule has 0 fully saturated rings. The number of hydrazone groups is 1. The molecule has 0 aliphatic carbocycles. The van der Waals surface area contributed by atoms with Crippen molar-refractivity contribution >= 4 is 23.2 Å². The van der Waals surface area contributed by atoms with Crippen LogP contribution in [-0.2, 0) is 16.1 Å². The maximum atomic E-state index is 12.6. The number of anilines is 1. The van der Waals surface area contributed by atoms with E-state index >= 15 is 0 Å². The van der Waals surface area contributed by atoms with Crippen molar-refractivity contribution in [2.45, 2.75) is 33.7 Å². The lowest BCUT2D eigenvalue weighted by Gasteiger charge is -2.12. The highest BCUT2D eigenvalue weighted by molar-refractivity contribution is 6.02. The van der Waals surface area contributed by atoms with Gasteiger partial charge in [-0.3, -0.25) is 14.3 Å². The fraction of sp³-hybridized carbons (Fsp3) is 0.333. The van der Waals surface area contributed by atoms with Gasteiger partial charge in [0.1, 0.15) is 6.54 Å². The van der Waals surface area contributed by atoms with Crippen molar-refractivity contribution in [3.63, 3.8) is 0 Å². The van der Waals surface area contributed by atoms with Gasteiger partial charge in [-0.15, -0.1) is 0 Å². The summed E-state index contributed by atoms with van der Waals surface area (Å²) in [7, 11) is 0. The van der Waals surface area contributed by atoms with Gasteiger partial charge >= 0.3 is 0 Å². The number of nitrogens with zero attached hydrogens (tertiary/aromatic N) is 4. The number of carbonyl (C=O) groups is 2. The molecule has 1 aliphatic heterocycles. The Morgan fingerprint density at radius 1 is 1.20 bits per heavy atom. The second kappa shape index (κ2) is 6.88. The van der Waals surface area contributed by atoms with Crippen LogP contribution in [0.15, 0.2) is 35.4 Å². The molecule has 7 nitrogen and oxygen atoms in total. The number of amides is 2. The summed E-state index contributed by atoms with van der Waals surface area (Å²) < 4.78 is 1.61. The largest absolute Gasteiger partial charge is 0.323 e. The average Bonchev–Trinajstić information content (AvgIpc) is 3.17. The SMILES string of the molecule is CC(=O)Nc1c(C)nn(CC(=O)N2CCC(c3ccccc3)=N2)c1C. The van der Waals surface area contributed by atoms with Crippen molar-refractivity contribution in [2.24, 2.45) is 5.10 Å². The lowest BCUT2D eigenvalue weighted by molar-refractivity contribution is -0.131. The molecule has 3 rings (SSSR count). The summed E-state index contributed by atoms with van der Waals surface area (Å²) in [5.74, 6) is -0.278. The fourth-order valence-electron chi connectivity index (χ4n) is 2.89. The Labute approximate surface area is 146 Å². The molecular formula is C18H21N5O2. The van der Waals surface area contributed by atoms with E-state index in [1.165, 1.54) is 11.9 Å². The quantitative estimate of drug-likeness (QED) is 0.926. The number of aryl methyl sites for hydroxylation is 1. The molecule has 0 radical (unpaired) electrons. The summed E-state index contributed by atoms with van der Waals surface area (Å²) in [4.78, 5) is 23.8. The van der Waals surface area contributed by atoms with Gasteiger partial charge in [0, 0.05) is 13.3 Å². The van der Waals surface area contributed by atoms with Gasteiger partial charge in [-0.05, 0) is 19.4 Å². The van der Waals surface area contributed by atoms with Crippen molar-refractivity contribution in [1.82, 2.24) is 14.8 Å². The van der Waals surface area contributed by atoms with Gasteiger partial charge in [-0.25, -0.2) is 5.01 Å². The molecule has 0 saturated carbocycles. The molecule has 1 N–H and O–H groups in total. The minimum absolute atomic E-state index is 0.0951. The van der Waals surface area contributed by atoms with Gasteiger partial charge in [0.15, 0.2) is 0 Å². The van der Waals surface area contributed by atoms with Crippen LogP contribution in [0.2, 0.25) is 0 Å². The van der Waals surface area contributed by atoms with Crippen LogP contribution in [-0.4, -0.2) is 38.9 Å². The summed E-state index contributed by atoms with van der Waals surface area (Å²) in [5, 5.41) is 13.1. The molecule has 1 aromatic heterocycles. The number of aromatic nitrogens is 2. The highest BCUT2D eigenvalue weighted by Crippen LogP contribution is 2.20. The Kier molecular flexibility index (Phi) is 4.65. The second-order valence-corrected chi connectivity index (χ2v) is 6.06. The first-order valence-electron chi connectivity index (χ1n) is 8.20. The van der Waals surface area contributed by atoms with Crippen molar-refractivity contribution < 1.29 is 9.59 Å². The van der Waals surface area contributed by atoms with E-state index in [1.54, 1.807) is 11.6 Å². The zero-order valence-corrected chi connectivity index (χ0v) is 14.6. The smallest absolute Gasteiger partial charge is 0.264 e. The van der Waals surface area contributed by atoms with Crippen LogP contribution in [0.25, 0.3) is 0 Å². The van der Waals surface area contributed by atoms with Gasteiger partial charge in [0.05, 0.1) is 29.3 Å². The van der Waals surface area contributed by atoms with Crippen LogP contribution >= 0.6 is 0 Å². The predicted octanol–water partition coefficient (Wildman–Crippen LogP) is 2.09. The Morgan fingerprint density at radius 3 is 2.60 bits per heavy atom. The van der Waals surface area contributed by atoms with Crippen LogP contribution in [0, 0.1) is 13.8 Å². The average molecular weight is 339 g/mol. The predicted molar refractivity (Wildman–Crippen MR) is 95.3 cm³/mol. The molecule has 0 atom stereocenters. The molecule has 0 bridgehead atoms. The Hall–Kier alpha value is -2.96. The molecule has 2 amide bonds. The summed E-state index contributed by atoms with van der Waals surface area (Å²) in [5.41, 5.74) is 4.07. The van der Waals surface area contributed by atoms with Crippen LogP contribution in [0.5, 0.6) is 0 Å². The number of hydrogen-bond donors (Lipinski definition) is 1. The number of nitrogens with one attached hydrogen (secondary N) is 1. The molecule has 2 heterocycles. The highest BCUT2D eigenvalue weighted by atomic mass is 16.2. The third kappa shape index (κ3) is 3.60. The van der Waals surface area contributed by atoms with E-state index < -0.39 is 0 Å². The monoisotopic (exact) mass is 339 g/mol. The maximum absolute atomic E-state index is 12.6. The van der Waals surface area contributed by atoms with Gasteiger partial charge in [0.25, 0.3) is 5.91 Å². The van der Waals surface area contributed by atoms with Crippen LogP contribution in [0.1, 0.15) is 30.3 Å². The second-order valence-electron chi connectivity index (χ2n) is 6.06. The lowest BCUT2D eigenvalue weighted by atomic mass is 10.1. The van der Waals surface area contributed by atoms with E-state index in [-0.39, 0.29) is 18.4 Å². The fourth-order valence-corrected chi connectivity index (χ4v) is 2.89. The van der Waals surface area contributed by atoms with E-state index in [9.17, 15) is 9.59 Å². The number of hydrogen-bond acceptors (Lipinski definition) is 4. The minimum atomic E-state index is -0.159. The summed E-state index contributed by atoms with van der Waals surface area (Å²) in [6.07, 6.45) is 0.740. The van der Waals surface area contributed by atoms with Crippen molar-refractivity contribution in [2.75, 3.05) is 11.9 Å². The zero-order valence-electron chi connectivity index (χ0n) is 14.6. The Bertz CT molecular complexity index is 839. The molecular weight excluding hydrogens is 318 g/mol. The van der Waals surface area contributed by atoms with Gasteiger partial charge < -0.3 is 5.32 Å². The van der Waals surface area contributed by atoms with Gasteiger partial charge in [-0.1, -0.05) is 30.3 Å². The first-order valence-corrected chi connectivity index (χ1v) is 8.20. The summed E-state index contributed by atoms with van der Waals surface area (Å²) in [6, 6.07) is 9.86. The Balaban J connectivity index is 1.73. The molecule has 0 spiro atoms. The van der Waals surface area contributed by atoms with E-state index in [1.807, 2.05) is 37.3 Å². The minimum Gasteiger partial charge on any atom is -0.323 e. The van der Waals surface area contributed by atoms with Crippen molar-refractivity contribution in [1.29, 1.82) is 0 Å². The molecule has 2 aromatic rings. The normalized spacial score (nSPS) is 13.7. The van der Waals surface area contributed by atoms with Gasteiger partial charge in [0.2, 0.25) is 5.91 Å². The summed E-state index contributed by atoms with van der Waals surface area (Å²) >= 11 is 0. The van der Waals surface area contributed by atoms with E-state index in [2.05, 4.69) is 15.5 Å². The third-order valence-electron chi connectivity index (χ3n) is 4.16. The van der Waals surface area contributed by atoms with Crippen molar-refractivity contribution in [3.05, 3.63) is 47.3 Å². The van der Waals surface area contributed by atoms with Gasteiger partial charge in [-0.2, -0.15) is 10.2 Å². The summed E-state index contributed by atoms with van der Waals surface area (Å²) in [6.45, 7) is 5.76. The molecule has 1 aliphatic rings. The van der Waals surface area contributed by atoms with Crippen LogP contribution in [0.4, 0.5) is 5.69 Å². The zero-order chi connectivity index (χ0) is 18.0. The number of rotatable bonds is 4. The molecule has 7 heteroatoms. The van der Waals surface area contributed by atoms with Crippen molar-refractivity contribution in [3.8, 4) is 0 Å². The van der Waals surface area contributed by atoms with E-state index in [0.29, 0.717) is 17.9 Å². The molecule has 130 valence electrons. The van der Waals surface area contributed by atoms with Crippen LogP contribution in [0.3, 0.4) is 0 Å². The maximum Gasteiger partial charge on any atom is 0.264 e. The lowest BCUT2D eigenvalue weighted by Crippen LogP contribution is -2.28. The molecule has 25 heavy (non-hydrogen) atoms. The first-order chi connectivity index (χ1) is 12.0. The Morgan fingerprint density at radius 2 is 1.92 bits per heavy atom. The number of carbonyl (C=O) groups excluding carboxylic acids is 2. The van der Waals surface area contributed by atoms with E-state index in [0.717, 1.165) is 23.4 Å². The third-order valence-corrected chi connectivity index (χ3v) is 4.16. The highest BCUT2D eigenvalue weighted by Gasteiger charge is 2.23. The topological polar surface area (TPSA) is 79.6 Å². The van der Waals surface area contributed by atoms with Crippen LogP contribution < -0.4 is 5.32 Å². The first kappa shape index (κ1) is 16.9.